The van der Waals surface area contributed by atoms with Crippen molar-refractivity contribution in [3.63, 3.8) is 0 Å². The van der Waals surface area contributed by atoms with E-state index in [1.54, 1.807) is 0 Å². The number of anilines is 1. The Balaban J connectivity index is 1.05. The molecule has 1 saturated carbocycles. The van der Waals surface area contributed by atoms with Crippen LogP contribution < -0.4 is 15.4 Å². The third-order valence-corrected chi connectivity index (χ3v) is 9.13. The summed E-state index contributed by atoms with van der Waals surface area (Å²) in [5.74, 6) is 1.52. The third-order valence-electron chi connectivity index (χ3n) is 9.13. The fourth-order valence-corrected chi connectivity index (χ4v) is 6.99. The first-order chi connectivity index (χ1) is 19.1. The molecule has 2 amide bonds. The predicted molar refractivity (Wildman–Crippen MR) is 154 cm³/mol. The van der Waals surface area contributed by atoms with Gasteiger partial charge >= 0.3 is 0 Å². The number of fused-ring (bicyclic) bond motifs is 2. The van der Waals surface area contributed by atoms with Gasteiger partial charge in [-0.15, -0.1) is 0 Å². The van der Waals surface area contributed by atoms with Crippen LogP contribution in [0.1, 0.15) is 93.5 Å². The Morgan fingerprint density at radius 1 is 1.08 bits per heavy atom. The van der Waals surface area contributed by atoms with Crippen LogP contribution in [0.5, 0.6) is 5.75 Å². The zero-order valence-corrected chi connectivity index (χ0v) is 23.4. The number of ether oxygens (including phenoxy) is 1. The summed E-state index contributed by atoms with van der Waals surface area (Å²) in [4.78, 5) is 32.9. The minimum absolute atomic E-state index is 0.0742. The Bertz CT molecular complexity index is 1120. The standard InChI is InChI=1S/C32H44N4O3/c1-2-39-28-13-6-5-12-25(28)31(38)36-21-15-24(16-22-36)11-7-10-19-34-30(37)29-32(17-8-3-4-9-18-32)26-23-33-20-14-27(26)35-29/h5-6,12-14,20,23-24,29,35H,2-4,7-11,15-19,21-22H2,1H3,(H,34,37). The molecule has 1 aromatic heterocycles. The van der Waals surface area contributed by atoms with Crippen LogP contribution in [0, 0.1) is 5.92 Å². The molecule has 7 heteroatoms. The van der Waals surface area contributed by atoms with Gasteiger partial charge in [0.2, 0.25) is 5.91 Å². The molecule has 1 atom stereocenters. The second-order valence-electron chi connectivity index (χ2n) is 11.5. The predicted octanol–water partition coefficient (Wildman–Crippen LogP) is 5.71. The summed E-state index contributed by atoms with van der Waals surface area (Å²) in [6, 6.07) is 9.36. The van der Waals surface area contributed by atoms with E-state index in [0.717, 1.165) is 63.7 Å². The van der Waals surface area contributed by atoms with Crippen molar-refractivity contribution in [2.75, 3.05) is 31.6 Å². The maximum absolute atomic E-state index is 13.4. The highest BCUT2D eigenvalue weighted by atomic mass is 16.5. The maximum Gasteiger partial charge on any atom is 0.257 e. The summed E-state index contributed by atoms with van der Waals surface area (Å²) < 4.78 is 5.67. The van der Waals surface area contributed by atoms with Crippen LogP contribution in [-0.4, -0.2) is 54.0 Å². The third kappa shape index (κ3) is 6.07. The topological polar surface area (TPSA) is 83.6 Å². The zero-order valence-electron chi connectivity index (χ0n) is 23.4. The Labute approximate surface area is 233 Å². The molecule has 1 unspecified atom stereocenters. The number of hydrogen-bond acceptors (Lipinski definition) is 5. The molecule has 3 heterocycles. The van der Waals surface area contributed by atoms with E-state index in [9.17, 15) is 9.59 Å². The molecule has 0 radical (unpaired) electrons. The lowest BCUT2D eigenvalue weighted by molar-refractivity contribution is -0.123. The number of unbranched alkanes of at least 4 members (excludes halogenated alkanes) is 1. The molecule has 39 heavy (non-hydrogen) atoms. The van der Waals surface area contributed by atoms with Gasteiger partial charge in [0.1, 0.15) is 11.8 Å². The number of pyridine rings is 1. The van der Waals surface area contributed by atoms with Crippen LogP contribution in [0.25, 0.3) is 0 Å². The van der Waals surface area contributed by atoms with Gasteiger partial charge in [0.05, 0.1) is 12.2 Å². The number of para-hydroxylation sites is 1. The monoisotopic (exact) mass is 532 g/mol. The van der Waals surface area contributed by atoms with Gasteiger partial charge < -0.3 is 20.3 Å². The van der Waals surface area contributed by atoms with Gasteiger partial charge in [0, 0.05) is 48.7 Å². The molecule has 3 aliphatic rings. The summed E-state index contributed by atoms with van der Waals surface area (Å²) in [7, 11) is 0. The Morgan fingerprint density at radius 3 is 2.62 bits per heavy atom. The number of nitrogens with zero attached hydrogens (tertiary/aromatic N) is 2. The van der Waals surface area contributed by atoms with Crippen molar-refractivity contribution in [3.8, 4) is 5.75 Å². The Kier molecular flexibility index (Phi) is 9.05. The van der Waals surface area contributed by atoms with E-state index in [1.807, 2.05) is 54.5 Å². The van der Waals surface area contributed by atoms with Crippen LogP contribution in [0.3, 0.4) is 0 Å². The quantitative estimate of drug-likeness (QED) is 0.405. The van der Waals surface area contributed by atoms with Crippen LogP contribution in [0.15, 0.2) is 42.7 Å². The Morgan fingerprint density at radius 2 is 1.85 bits per heavy atom. The minimum atomic E-state index is -0.204. The minimum Gasteiger partial charge on any atom is -0.493 e. The number of rotatable bonds is 9. The summed E-state index contributed by atoms with van der Waals surface area (Å²) >= 11 is 0. The van der Waals surface area contributed by atoms with Gasteiger partial charge in [-0.25, -0.2) is 0 Å². The molecular formula is C32H44N4O3. The highest BCUT2D eigenvalue weighted by molar-refractivity contribution is 5.97. The van der Waals surface area contributed by atoms with Crippen molar-refractivity contribution >= 4 is 17.5 Å². The maximum atomic E-state index is 13.4. The van der Waals surface area contributed by atoms with Crippen LogP contribution >= 0.6 is 0 Å². The smallest absolute Gasteiger partial charge is 0.257 e. The van der Waals surface area contributed by atoms with Gasteiger partial charge in [0.25, 0.3) is 5.91 Å². The second-order valence-corrected chi connectivity index (χ2v) is 11.5. The van der Waals surface area contributed by atoms with Crippen molar-refractivity contribution in [2.24, 2.45) is 5.92 Å². The first-order valence-electron chi connectivity index (χ1n) is 15.1. The molecule has 2 aromatic rings. The number of aromatic nitrogens is 1. The fraction of sp³-hybridized carbons (Fsp3) is 0.594. The van der Waals surface area contributed by atoms with Gasteiger partial charge in [-0.3, -0.25) is 14.6 Å². The number of nitrogens with one attached hydrogen (secondary N) is 2. The van der Waals surface area contributed by atoms with Crippen LogP contribution in [-0.2, 0) is 10.2 Å². The summed E-state index contributed by atoms with van der Waals surface area (Å²) in [5.41, 5.74) is 2.85. The molecular weight excluding hydrogens is 488 g/mol. The number of piperidine rings is 1. The van der Waals surface area contributed by atoms with E-state index in [-0.39, 0.29) is 23.3 Å². The van der Waals surface area contributed by atoms with E-state index >= 15 is 0 Å². The van der Waals surface area contributed by atoms with Gasteiger partial charge in [-0.2, -0.15) is 0 Å². The van der Waals surface area contributed by atoms with Crippen molar-refractivity contribution < 1.29 is 14.3 Å². The lowest BCUT2D eigenvalue weighted by atomic mass is 9.71. The van der Waals surface area contributed by atoms with Gasteiger partial charge in [-0.1, -0.05) is 50.7 Å². The number of amides is 2. The number of likely N-dealkylation sites (tertiary alicyclic amines) is 1. The van der Waals surface area contributed by atoms with Crippen molar-refractivity contribution in [3.05, 3.63) is 53.9 Å². The molecule has 2 N–H and O–H groups in total. The van der Waals surface area contributed by atoms with Crippen molar-refractivity contribution in [1.82, 2.24) is 15.2 Å². The van der Waals surface area contributed by atoms with E-state index in [4.69, 9.17) is 4.74 Å². The number of carbonyl (C=O) groups is 2. The van der Waals surface area contributed by atoms with E-state index in [0.29, 0.717) is 30.4 Å². The van der Waals surface area contributed by atoms with Gasteiger partial charge in [-0.05, 0) is 63.1 Å². The van der Waals surface area contributed by atoms with Crippen molar-refractivity contribution in [1.29, 1.82) is 0 Å². The van der Waals surface area contributed by atoms with E-state index in [2.05, 4.69) is 15.6 Å². The summed E-state index contributed by atoms with van der Waals surface area (Å²) in [5, 5.41) is 6.82. The average Bonchev–Trinajstić information content (AvgIpc) is 3.09. The zero-order chi connectivity index (χ0) is 27.1. The lowest BCUT2D eigenvalue weighted by Crippen LogP contribution is -2.49. The lowest BCUT2D eigenvalue weighted by Gasteiger charge is -2.34. The molecule has 210 valence electrons. The summed E-state index contributed by atoms with van der Waals surface area (Å²) in [6.07, 6.45) is 16.0. The summed E-state index contributed by atoms with van der Waals surface area (Å²) in [6.45, 7) is 4.80. The second kappa shape index (κ2) is 12.8. The highest BCUT2D eigenvalue weighted by Crippen LogP contribution is 2.49. The largest absolute Gasteiger partial charge is 0.493 e. The molecule has 5 rings (SSSR count). The van der Waals surface area contributed by atoms with E-state index < -0.39 is 0 Å². The first kappa shape index (κ1) is 27.5. The molecule has 0 bridgehead atoms. The fourth-order valence-electron chi connectivity index (χ4n) is 6.99. The molecule has 1 saturated heterocycles. The molecule has 1 spiro atoms. The molecule has 7 nitrogen and oxygen atoms in total. The van der Waals surface area contributed by atoms with Crippen molar-refractivity contribution in [2.45, 2.75) is 89.0 Å². The molecule has 2 aliphatic heterocycles. The molecule has 1 aliphatic carbocycles. The SMILES string of the molecule is CCOc1ccccc1C(=O)N1CCC(CCCCNC(=O)C2Nc3ccncc3C23CCCCCC3)CC1. The Hall–Kier alpha value is -3.09. The normalized spacial score (nSPS) is 20.6. The van der Waals surface area contributed by atoms with Crippen LogP contribution in [0.2, 0.25) is 0 Å². The molecule has 2 fully saturated rings. The average molecular weight is 533 g/mol. The first-order valence-corrected chi connectivity index (χ1v) is 15.1. The van der Waals surface area contributed by atoms with E-state index in [1.165, 1.54) is 31.2 Å². The highest BCUT2D eigenvalue weighted by Gasteiger charge is 2.50. The number of benzene rings is 1. The molecule has 1 aromatic carbocycles. The number of hydrogen-bond donors (Lipinski definition) is 2. The number of carbonyl (C=O) groups excluding carboxylic acids is 2. The van der Waals surface area contributed by atoms with Gasteiger partial charge in [0.15, 0.2) is 0 Å². The van der Waals surface area contributed by atoms with Crippen LogP contribution in [0.4, 0.5) is 5.69 Å².